The van der Waals surface area contributed by atoms with Crippen molar-refractivity contribution in [3.05, 3.63) is 66.1 Å². The second kappa shape index (κ2) is 7.00. The molecule has 0 spiro atoms. The van der Waals surface area contributed by atoms with Gasteiger partial charge in [0.15, 0.2) is 0 Å². The summed E-state index contributed by atoms with van der Waals surface area (Å²) in [6.45, 7) is 2.07. The van der Waals surface area contributed by atoms with Gasteiger partial charge in [0.25, 0.3) is 0 Å². The SMILES string of the molecule is COc1ccc(-n2c(C)ccc2C=Nc2ccc(OC)nc2)cc1. The Labute approximate surface area is 141 Å². The minimum atomic E-state index is 0.575. The molecule has 5 nitrogen and oxygen atoms in total. The van der Waals surface area contributed by atoms with E-state index in [1.165, 1.54) is 0 Å². The highest BCUT2D eigenvalue weighted by atomic mass is 16.5. The monoisotopic (exact) mass is 321 g/mol. The third-order valence-electron chi connectivity index (χ3n) is 3.71. The van der Waals surface area contributed by atoms with Gasteiger partial charge in [0.05, 0.1) is 38.0 Å². The molecule has 0 bridgehead atoms. The van der Waals surface area contributed by atoms with Crippen molar-refractivity contribution < 1.29 is 9.47 Å². The Hall–Kier alpha value is -3.08. The quantitative estimate of drug-likeness (QED) is 0.669. The van der Waals surface area contributed by atoms with E-state index in [2.05, 4.69) is 27.5 Å². The van der Waals surface area contributed by atoms with Crippen LogP contribution in [0, 0.1) is 6.92 Å². The summed E-state index contributed by atoms with van der Waals surface area (Å²) in [5.41, 5.74) is 3.96. The minimum Gasteiger partial charge on any atom is -0.497 e. The molecule has 0 N–H and O–H groups in total. The van der Waals surface area contributed by atoms with Gasteiger partial charge in [-0.3, -0.25) is 4.99 Å². The molecule has 122 valence electrons. The van der Waals surface area contributed by atoms with Gasteiger partial charge < -0.3 is 14.0 Å². The molecule has 3 aromatic rings. The highest BCUT2D eigenvalue weighted by Gasteiger charge is 2.06. The lowest BCUT2D eigenvalue weighted by Gasteiger charge is -2.10. The summed E-state index contributed by atoms with van der Waals surface area (Å²) in [6.07, 6.45) is 3.52. The molecular weight excluding hydrogens is 302 g/mol. The number of aryl methyl sites for hydroxylation is 1. The van der Waals surface area contributed by atoms with E-state index >= 15 is 0 Å². The van der Waals surface area contributed by atoms with Crippen LogP contribution in [0.5, 0.6) is 11.6 Å². The fourth-order valence-electron chi connectivity index (χ4n) is 2.45. The average molecular weight is 321 g/mol. The van der Waals surface area contributed by atoms with Crippen molar-refractivity contribution in [1.29, 1.82) is 0 Å². The molecule has 24 heavy (non-hydrogen) atoms. The van der Waals surface area contributed by atoms with Gasteiger partial charge in [-0.1, -0.05) is 0 Å². The zero-order chi connectivity index (χ0) is 16.9. The Morgan fingerprint density at radius 2 is 1.75 bits per heavy atom. The maximum atomic E-state index is 5.22. The first-order chi connectivity index (χ1) is 11.7. The minimum absolute atomic E-state index is 0.575. The zero-order valence-corrected chi connectivity index (χ0v) is 13.9. The summed E-state index contributed by atoms with van der Waals surface area (Å²) < 4.78 is 12.4. The van der Waals surface area contributed by atoms with Crippen molar-refractivity contribution in [2.24, 2.45) is 4.99 Å². The Bertz CT molecular complexity index is 834. The van der Waals surface area contributed by atoms with E-state index in [-0.39, 0.29) is 0 Å². The number of nitrogens with zero attached hydrogens (tertiary/aromatic N) is 3. The number of ether oxygens (including phenoxy) is 2. The molecule has 2 heterocycles. The summed E-state index contributed by atoms with van der Waals surface area (Å²) in [5.74, 6) is 1.41. The molecular formula is C19H19N3O2. The summed E-state index contributed by atoms with van der Waals surface area (Å²) in [6, 6.07) is 15.7. The van der Waals surface area contributed by atoms with E-state index < -0.39 is 0 Å². The molecule has 0 unspecified atom stereocenters. The highest BCUT2D eigenvalue weighted by Crippen LogP contribution is 2.20. The fourth-order valence-corrected chi connectivity index (χ4v) is 2.45. The number of pyridine rings is 1. The van der Waals surface area contributed by atoms with E-state index in [9.17, 15) is 0 Å². The predicted octanol–water partition coefficient (Wildman–Crippen LogP) is 3.95. The first-order valence-electron chi connectivity index (χ1n) is 7.58. The number of hydrogen-bond acceptors (Lipinski definition) is 4. The van der Waals surface area contributed by atoms with Gasteiger partial charge in [0.2, 0.25) is 5.88 Å². The van der Waals surface area contributed by atoms with Crippen LogP contribution < -0.4 is 9.47 Å². The third-order valence-corrected chi connectivity index (χ3v) is 3.71. The molecule has 0 fully saturated rings. The van der Waals surface area contributed by atoms with Gasteiger partial charge >= 0.3 is 0 Å². The zero-order valence-electron chi connectivity index (χ0n) is 13.9. The second-order valence-electron chi connectivity index (χ2n) is 5.25. The lowest BCUT2D eigenvalue weighted by molar-refractivity contribution is 0.398. The van der Waals surface area contributed by atoms with Crippen molar-refractivity contribution in [1.82, 2.24) is 9.55 Å². The van der Waals surface area contributed by atoms with Crippen molar-refractivity contribution in [3.63, 3.8) is 0 Å². The van der Waals surface area contributed by atoms with Gasteiger partial charge in [-0.2, -0.15) is 0 Å². The van der Waals surface area contributed by atoms with Crippen LogP contribution in [0.4, 0.5) is 5.69 Å². The number of methoxy groups -OCH3 is 2. The van der Waals surface area contributed by atoms with Crippen LogP contribution in [0.2, 0.25) is 0 Å². The summed E-state index contributed by atoms with van der Waals surface area (Å²) in [4.78, 5) is 8.65. The van der Waals surface area contributed by atoms with Crippen molar-refractivity contribution in [2.75, 3.05) is 14.2 Å². The van der Waals surface area contributed by atoms with E-state index in [1.54, 1.807) is 26.5 Å². The lowest BCUT2D eigenvalue weighted by atomic mass is 10.3. The Morgan fingerprint density at radius 3 is 2.38 bits per heavy atom. The van der Waals surface area contributed by atoms with Crippen molar-refractivity contribution in [3.8, 4) is 17.3 Å². The van der Waals surface area contributed by atoms with Gasteiger partial charge in [-0.25, -0.2) is 4.98 Å². The average Bonchev–Trinajstić information content (AvgIpc) is 3.01. The van der Waals surface area contributed by atoms with E-state index in [1.807, 2.05) is 42.6 Å². The van der Waals surface area contributed by atoms with Crippen LogP contribution in [-0.4, -0.2) is 30.0 Å². The third kappa shape index (κ3) is 3.30. The molecule has 1 aromatic carbocycles. The standard InChI is InChI=1S/C19H19N3O2/c1-14-4-6-17(13-20-15-5-11-19(24-3)21-12-15)22(14)16-7-9-18(23-2)10-8-16/h4-13H,1-3H3. The van der Waals surface area contributed by atoms with Gasteiger partial charge in [0, 0.05) is 17.4 Å². The van der Waals surface area contributed by atoms with Crippen LogP contribution in [0.3, 0.4) is 0 Å². The van der Waals surface area contributed by atoms with Crippen LogP contribution in [-0.2, 0) is 0 Å². The fraction of sp³-hybridized carbons (Fsp3) is 0.158. The maximum absolute atomic E-state index is 5.22. The highest BCUT2D eigenvalue weighted by molar-refractivity contribution is 5.81. The molecule has 0 atom stereocenters. The largest absolute Gasteiger partial charge is 0.497 e. The van der Waals surface area contributed by atoms with Gasteiger partial charge in [-0.15, -0.1) is 0 Å². The molecule has 0 radical (unpaired) electrons. The second-order valence-corrected chi connectivity index (χ2v) is 5.25. The smallest absolute Gasteiger partial charge is 0.213 e. The van der Waals surface area contributed by atoms with Crippen LogP contribution in [0.25, 0.3) is 5.69 Å². The number of aromatic nitrogens is 2. The molecule has 3 rings (SSSR count). The molecule has 5 heteroatoms. The number of rotatable bonds is 5. The van der Waals surface area contributed by atoms with Gasteiger partial charge in [-0.05, 0) is 49.4 Å². The molecule has 0 aliphatic carbocycles. The van der Waals surface area contributed by atoms with Crippen LogP contribution in [0.15, 0.2) is 59.7 Å². The summed E-state index contributed by atoms with van der Waals surface area (Å²) in [7, 11) is 3.26. The Morgan fingerprint density at radius 1 is 0.958 bits per heavy atom. The Balaban J connectivity index is 1.89. The molecule has 0 aliphatic rings. The molecule has 0 amide bonds. The number of benzene rings is 1. The molecule has 0 saturated carbocycles. The molecule has 0 saturated heterocycles. The van der Waals surface area contributed by atoms with Crippen molar-refractivity contribution >= 4 is 11.9 Å². The Kier molecular flexibility index (Phi) is 4.61. The van der Waals surface area contributed by atoms with E-state index in [4.69, 9.17) is 9.47 Å². The summed E-state index contributed by atoms with van der Waals surface area (Å²) >= 11 is 0. The van der Waals surface area contributed by atoms with E-state index in [0.29, 0.717) is 5.88 Å². The maximum Gasteiger partial charge on any atom is 0.213 e. The molecule has 2 aromatic heterocycles. The molecule has 0 aliphatic heterocycles. The van der Waals surface area contributed by atoms with Crippen LogP contribution >= 0.6 is 0 Å². The van der Waals surface area contributed by atoms with Crippen molar-refractivity contribution in [2.45, 2.75) is 6.92 Å². The first-order valence-corrected chi connectivity index (χ1v) is 7.58. The number of aliphatic imine (C=N–C) groups is 1. The van der Waals surface area contributed by atoms with Crippen LogP contribution in [0.1, 0.15) is 11.4 Å². The topological polar surface area (TPSA) is 48.6 Å². The van der Waals surface area contributed by atoms with Gasteiger partial charge in [0.1, 0.15) is 5.75 Å². The summed E-state index contributed by atoms with van der Waals surface area (Å²) in [5, 5.41) is 0. The predicted molar refractivity (Wildman–Crippen MR) is 95.1 cm³/mol. The number of hydrogen-bond donors (Lipinski definition) is 0. The first kappa shape index (κ1) is 15.8. The lowest BCUT2D eigenvalue weighted by Crippen LogP contribution is -2.01. The van der Waals surface area contributed by atoms with E-state index in [0.717, 1.165) is 28.5 Å². The normalized spacial score (nSPS) is 11.0.